The third-order valence-electron chi connectivity index (χ3n) is 3.53. The molecule has 0 aliphatic rings. The second kappa shape index (κ2) is 8.87. The molecule has 0 aliphatic heterocycles. The summed E-state index contributed by atoms with van der Waals surface area (Å²) >= 11 is 5.93. The molecule has 0 fully saturated rings. The minimum atomic E-state index is -3.10. The van der Waals surface area contributed by atoms with Crippen molar-refractivity contribution in [2.75, 3.05) is 18.1 Å². The maximum absolute atomic E-state index is 12.1. The van der Waals surface area contributed by atoms with Gasteiger partial charge in [-0.05, 0) is 35.9 Å². The highest BCUT2D eigenvalue weighted by atomic mass is 35.5. The summed E-state index contributed by atoms with van der Waals surface area (Å²) in [5.41, 5.74) is 1.34. The SMILES string of the molecule is CCS(=O)(=O)CCNC(=O)c1cccc(OCc2cccc(Cl)c2)c1. The third-order valence-corrected chi connectivity index (χ3v) is 5.47. The molecule has 0 spiro atoms. The van der Waals surface area contributed by atoms with Gasteiger partial charge in [-0.25, -0.2) is 8.42 Å². The Labute approximate surface area is 152 Å². The van der Waals surface area contributed by atoms with Crippen molar-refractivity contribution in [3.63, 3.8) is 0 Å². The normalized spacial score (nSPS) is 11.1. The van der Waals surface area contributed by atoms with Gasteiger partial charge in [-0.3, -0.25) is 4.79 Å². The fourth-order valence-electron chi connectivity index (χ4n) is 2.09. The molecular formula is C18H20ClNO4S. The summed E-state index contributed by atoms with van der Waals surface area (Å²) in [6, 6.07) is 14.1. The van der Waals surface area contributed by atoms with Gasteiger partial charge in [0.25, 0.3) is 5.91 Å². The second-order valence-electron chi connectivity index (χ2n) is 5.44. The van der Waals surface area contributed by atoms with E-state index < -0.39 is 9.84 Å². The molecule has 0 saturated carbocycles. The van der Waals surface area contributed by atoms with E-state index in [1.54, 1.807) is 37.3 Å². The Balaban J connectivity index is 1.92. The molecule has 7 heteroatoms. The number of benzene rings is 2. The zero-order valence-corrected chi connectivity index (χ0v) is 15.4. The molecule has 0 radical (unpaired) electrons. The standard InChI is InChI=1S/C18H20ClNO4S/c1-2-25(22,23)10-9-20-18(21)15-6-4-8-17(12-15)24-13-14-5-3-7-16(19)11-14/h3-8,11-12H,2,9-10,13H2,1H3,(H,20,21). The van der Waals surface area contributed by atoms with E-state index in [9.17, 15) is 13.2 Å². The predicted molar refractivity (Wildman–Crippen MR) is 98.9 cm³/mol. The Kier molecular flexibility index (Phi) is 6.84. The smallest absolute Gasteiger partial charge is 0.251 e. The number of ether oxygens (including phenoxy) is 1. The summed E-state index contributed by atoms with van der Waals surface area (Å²) in [6.45, 7) is 2.00. The van der Waals surface area contributed by atoms with E-state index in [4.69, 9.17) is 16.3 Å². The van der Waals surface area contributed by atoms with Crippen LogP contribution in [0.15, 0.2) is 48.5 Å². The van der Waals surface area contributed by atoms with Crippen LogP contribution in [0.4, 0.5) is 0 Å². The third kappa shape index (κ3) is 6.40. The van der Waals surface area contributed by atoms with Crippen LogP contribution < -0.4 is 10.1 Å². The van der Waals surface area contributed by atoms with Crippen LogP contribution in [0.1, 0.15) is 22.8 Å². The average molecular weight is 382 g/mol. The molecular weight excluding hydrogens is 362 g/mol. The van der Waals surface area contributed by atoms with Crippen LogP contribution in [0, 0.1) is 0 Å². The Morgan fingerprint density at radius 1 is 1.16 bits per heavy atom. The van der Waals surface area contributed by atoms with E-state index in [2.05, 4.69) is 5.32 Å². The van der Waals surface area contributed by atoms with Gasteiger partial charge in [-0.1, -0.05) is 36.7 Å². The molecule has 0 heterocycles. The number of hydrogen-bond donors (Lipinski definition) is 1. The molecule has 0 aliphatic carbocycles. The van der Waals surface area contributed by atoms with Crippen LogP contribution in [0.2, 0.25) is 5.02 Å². The number of carbonyl (C=O) groups excluding carboxylic acids is 1. The molecule has 2 rings (SSSR count). The molecule has 134 valence electrons. The van der Waals surface area contributed by atoms with Crippen LogP contribution in [0.3, 0.4) is 0 Å². The first-order valence-corrected chi connectivity index (χ1v) is 10.1. The van der Waals surface area contributed by atoms with Gasteiger partial charge in [-0.15, -0.1) is 0 Å². The number of carbonyl (C=O) groups is 1. The van der Waals surface area contributed by atoms with E-state index in [0.29, 0.717) is 22.9 Å². The van der Waals surface area contributed by atoms with Crippen molar-refractivity contribution >= 4 is 27.3 Å². The van der Waals surface area contributed by atoms with E-state index in [1.807, 2.05) is 18.2 Å². The number of nitrogens with one attached hydrogen (secondary N) is 1. The molecule has 2 aromatic rings. The maximum Gasteiger partial charge on any atom is 0.251 e. The quantitative estimate of drug-likeness (QED) is 0.762. The topological polar surface area (TPSA) is 72.5 Å². The highest BCUT2D eigenvalue weighted by molar-refractivity contribution is 7.91. The van der Waals surface area contributed by atoms with Gasteiger partial charge in [0.2, 0.25) is 0 Å². The van der Waals surface area contributed by atoms with Gasteiger partial charge < -0.3 is 10.1 Å². The molecule has 0 aromatic heterocycles. The van der Waals surface area contributed by atoms with Crippen LogP contribution >= 0.6 is 11.6 Å². The number of sulfone groups is 1. The monoisotopic (exact) mass is 381 g/mol. The lowest BCUT2D eigenvalue weighted by molar-refractivity contribution is 0.0955. The molecule has 0 unspecified atom stereocenters. The summed E-state index contributed by atoms with van der Waals surface area (Å²) in [5.74, 6) is 0.212. The summed E-state index contributed by atoms with van der Waals surface area (Å²) < 4.78 is 28.5. The minimum Gasteiger partial charge on any atom is -0.489 e. The van der Waals surface area contributed by atoms with Gasteiger partial charge in [-0.2, -0.15) is 0 Å². The lowest BCUT2D eigenvalue weighted by Crippen LogP contribution is -2.29. The summed E-state index contributed by atoms with van der Waals surface area (Å²) in [5, 5.41) is 3.24. The predicted octanol–water partition coefficient (Wildman–Crippen LogP) is 3.08. The van der Waals surface area contributed by atoms with E-state index in [1.165, 1.54) is 0 Å². The van der Waals surface area contributed by atoms with E-state index in [-0.39, 0.29) is 24.0 Å². The van der Waals surface area contributed by atoms with Crippen molar-refractivity contribution in [3.05, 3.63) is 64.7 Å². The van der Waals surface area contributed by atoms with Gasteiger partial charge in [0.15, 0.2) is 9.84 Å². The van der Waals surface area contributed by atoms with Crippen molar-refractivity contribution < 1.29 is 17.9 Å². The first kappa shape index (κ1) is 19.3. The van der Waals surface area contributed by atoms with Crippen molar-refractivity contribution in [1.82, 2.24) is 5.32 Å². The molecule has 0 saturated heterocycles. The molecule has 1 amide bonds. The number of hydrogen-bond acceptors (Lipinski definition) is 4. The summed E-state index contributed by atoms with van der Waals surface area (Å²) in [4.78, 5) is 12.1. The van der Waals surface area contributed by atoms with Gasteiger partial charge in [0.05, 0.1) is 5.75 Å². The molecule has 2 aromatic carbocycles. The fourth-order valence-corrected chi connectivity index (χ4v) is 3.00. The lowest BCUT2D eigenvalue weighted by atomic mass is 10.2. The number of rotatable bonds is 8. The Morgan fingerprint density at radius 2 is 1.92 bits per heavy atom. The first-order valence-electron chi connectivity index (χ1n) is 7.85. The average Bonchev–Trinajstić information content (AvgIpc) is 2.60. The molecule has 25 heavy (non-hydrogen) atoms. The van der Waals surface area contributed by atoms with Crippen LogP contribution in [-0.2, 0) is 16.4 Å². The van der Waals surface area contributed by atoms with Crippen LogP contribution in [-0.4, -0.2) is 32.4 Å². The van der Waals surface area contributed by atoms with Crippen molar-refractivity contribution in [1.29, 1.82) is 0 Å². The zero-order chi connectivity index (χ0) is 18.3. The molecule has 0 atom stereocenters. The summed E-state index contributed by atoms with van der Waals surface area (Å²) in [6.07, 6.45) is 0. The zero-order valence-electron chi connectivity index (χ0n) is 13.9. The van der Waals surface area contributed by atoms with Crippen molar-refractivity contribution in [3.8, 4) is 5.75 Å². The van der Waals surface area contributed by atoms with E-state index >= 15 is 0 Å². The summed E-state index contributed by atoms with van der Waals surface area (Å²) in [7, 11) is -3.10. The van der Waals surface area contributed by atoms with Gasteiger partial charge >= 0.3 is 0 Å². The molecule has 0 bridgehead atoms. The second-order valence-corrected chi connectivity index (χ2v) is 8.35. The lowest BCUT2D eigenvalue weighted by Gasteiger charge is -2.09. The highest BCUT2D eigenvalue weighted by Gasteiger charge is 2.10. The molecule has 1 N–H and O–H groups in total. The van der Waals surface area contributed by atoms with Crippen LogP contribution in [0.5, 0.6) is 5.75 Å². The van der Waals surface area contributed by atoms with E-state index in [0.717, 1.165) is 5.56 Å². The Morgan fingerprint density at radius 3 is 2.64 bits per heavy atom. The van der Waals surface area contributed by atoms with Gasteiger partial charge in [0.1, 0.15) is 12.4 Å². The van der Waals surface area contributed by atoms with Gasteiger partial charge in [0, 0.05) is 22.9 Å². The Hall–Kier alpha value is -2.05. The van der Waals surface area contributed by atoms with Crippen LogP contribution in [0.25, 0.3) is 0 Å². The Bertz CT molecular complexity index is 836. The molecule has 5 nitrogen and oxygen atoms in total. The fraction of sp³-hybridized carbons (Fsp3) is 0.278. The first-order chi connectivity index (χ1) is 11.9. The highest BCUT2D eigenvalue weighted by Crippen LogP contribution is 2.17. The minimum absolute atomic E-state index is 0.0652. The number of halogens is 1. The maximum atomic E-state index is 12.1. The van der Waals surface area contributed by atoms with Crippen molar-refractivity contribution in [2.45, 2.75) is 13.5 Å². The largest absolute Gasteiger partial charge is 0.489 e. The number of amides is 1. The van der Waals surface area contributed by atoms with Crippen molar-refractivity contribution in [2.24, 2.45) is 0 Å².